The molecule has 0 saturated heterocycles. The molecule has 3 aliphatic rings. The van der Waals surface area contributed by atoms with Crippen LogP contribution < -0.4 is 5.73 Å². The third-order valence-corrected chi connectivity index (χ3v) is 6.09. The van der Waals surface area contributed by atoms with Crippen LogP contribution in [0.25, 0.3) is 5.57 Å². The fraction of sp³-hybridized carbons (Fsp3) is 0.280. The molecule has 5 heteroatoms. The molecular formula is C25H26N4O. The second kappa shape index (κ2) is 7.48. The predicted octanol–water partition coefficient (Wildman–Crippen LogP) is 4.07. The number of amidine groups is 1. The lowest BCUT2D eigenvalue weighted by Crippen LogP contribution is -2.46. The third-order valence-electron chi connectivity index (χ3n) is 6.09. The summed E-state index contributed by atoms with van der Waals surface area (Å²) in [5.74, 6) is 2.40. The zero-order valence-corrected chi connectivity index (χ0v) is 17.2. The van der Waals surface area contributed by atoms with E-state index in [1.54, 1.807) is 7.11 Å². The van der Waals surface area contributed by atoms with E-state index in [1.165, 1.54) is 11.1 Å². The van der Waals surface area contributed by atoms with Gasteiger partial charge >= 0.3 is 0 Å². The largest absolute Gasteiger partial charge is 0.497 e. The van der Waals surface area contributed by atoms with Gasteiger partial charge in [-0.1, -0.05) is 48.5 Å². The number of guanidine groups is 1. The number of nitrogens with zero attached hydrogens (tertiary/aromatic N) is 3. The van der Waals surface area contributed by atoms with Crippen molar-refractivity contribution in [3.05, 3.63) is 89.2 Å². The van der Waals surface area contributed by atoms with E-state index in [0.29, 0.717) is 5.96 Å². The zero-order valence-electron chi connectivity index (χ0n) is 17.2. The fourth-order valence-electron chi connectivity index (χ4n) is 4.64. The molecule has 30 heavy (non-hydrogen) atoms. The monoisotopic (exact) mass is 398 g/mol. The molecule has 2 aliphatic heterocycles. The van der Waals surface area contributed by atoms with Crippen LogP contribution in [0.4, 0.5) is 0 Å². The van der Waals surface area contributed by atoms with Gasteiger partial charge in [-0.2, -0.15) is 0 Å². The minimum absolute atomic E-state index is 0.546. The van der Waals surface area contributed by atoms with Crippen LogP contribution >= 0.6 is 0 Å². The Hall–Kier alpha value is -3.34. The molecule has 0 fully saturated rings. The van der Waals surface area contributed by atoms with Crippen LogP contribution in [0, 0.1) is 0 Å². The molecule has 1 aliphatic carbocycles. The predicted molar refractivity (Wildman–Crippen MR) is 121 cm³/mol. The highest BCUT2D eigenvalue weighted by Crippen LogP contribution is 2.42. The van der Waals surface area contributed by atoms with Gasteiger partial charge in [0.25, 0.3) is 0 Å². The van der Waals surface area contributed by atoms with Gasteiger partial charge in [0, 0.05) is 13.1 Å². The first-order chi connectivity index (χ1) is 14.7. The Balaban J connectivity index is 1.69. The zero-order chi connectivity index (χ0) is 20.6. The van der Waals surface area contributed by atoms with Crippen LogP contribution in [0.5, 0.6) is 0 Å². The van der Waals surface area contributed by atoms with Gasteiger partial charge in [0.1, 0.15) is 11.6 Å². The molecule has 1 atom stereocenters. The topological polar surface area (TPSA) is 63.2 Å². The summed E-state index contributed by atoms with van der Waals surface area (Å²) < 4.78 is 5.47. The average Bonchev–Trinajstić information content (AvgIpc) is 3.13. The lowest BCUT2D eigenvalue weighted by molar-refractivity contribution is 0.304. The van der Waals surface area contributed by atoms with Crippen molar-refractivity contribution in [2.45, 2.75) is 24.8 Å². The highest BCUT2D eigenvalue weighted by molar-refractivity contribution is 6.12. The molecule has 5 rings (SSSR count). The summed E-state index contributed by atoms with van der Waals surface area (Å²) in [7, 11) is 1.72. The number of methoxy groups -OCH3 is 1. The Morgan fingerprint density at radius 1 is 1.07 bits per heavy atom. The van der Waals surface area contributed by atoms with Gasteiger partial charge < -0.3 is 10.5 Å². The van der Waals surface area contributed by atoms with Gasteiger partial charge in [0.2, 0.25) is 0 Å². The summed E-state index contributed by atoms with van der Waals surface area (Å²) in [5.41, 5.74) is 10.3. The molecule has 0 amide bonds. The van der Waals surface area contributed by atoms with Crippen LogP contribution in [0.3, 0.4) is 0 Å². The second-order valence-corrected chi connectivity index (χ2v) is 7.86. The first kappa shape index (κ1) is 18.7. The molecule has 0 bridgehead atoms. The van der Waals surface area contributed by atoms with E-state index < -0.39 is 5.54 Å². The molecule has 0 spiro atoms. The smallest absolute Gasteiger partial charge is 0.198 e. The van der Waals surface area contributed by atoms with Gasteiger partial charge in [0.15, 0.2) is 11.5 Å². The van der Waals surface area contributed by atoms with E-state index in [-0.39, 0.29) is 0 Å². The SMILES string of the molecule is COC1=CCCC(c2cccc(C3(c4ccccc4)N=C(N)N4CCCN=C43)c2)=C1. The molecule has 2 aromatic rings. The number of fused-ring (bicyclic) bond motifs is 1. The van der Waals surface area contributed by atoms with Gasteiger partial charge in [-0.05, 0) is 59.7 Å². The quantitative estimate of drug-likeness (QED) is 0.844. The van der Waals surface area contributed by atoms with Crippen molar-refractivity contribution in [2.75, 3.05) is 20.2 Å². The van der Waals surface area contributed by atoms with Crippen molar-refractivity contribution in [1.29, 1.82) is 0 Å². The van der Waals surface area contributed by atoms with E-state index in [9.17, 15) is 0 Å². The van der Waals surface area contributed by atoms with Crippen molar-refractivity contribution < 1.29 is 4.74 Å². The fourth-order valence-corrected chi connectivity index (χ4v) is 4.64. The molecule has 1 unspecified atom stereocenters. The Kier molecular flexibility index (Phi) is 4.66. The summed E-state index contributed by atoms with van der Waals surface area (Å²) in [5, 5.41) is 0. The highest BCUT2D eigenvalue weighted by atomic mass is 16.5. The maximum atomic E-state index is 6.42. The normalized spacial score (nSPS) is 23.2. The standard InChI is InChI=1S/C25H26N4O/c1-30-22-13-6-9-19(17-22)18-8-5-12-21(16-18)25(20-10-3-2-4-11-20)23-27-14-7-15-29(23)24(26)28-25/h2-5,8,10-13,16-17H,6-7,9,14-15H2,1H3,(H2,26,28). The van der Waals surface area contributed by atoms with Crippen molar-refractivity contribution in [3.8, 4) is 0 Å². The minimum atomic E-state index is -0.711. The lowest BCUT2D eigenvalue weighted by Gasteiger charge is -2.33. The van der Waals surface area contributed by atoms with E-state index in [1.807, 2.05) is 6.07 Å². The molecule has 5 nitrogen and oxygen atoms in total. The first-order valence-corrected chi connectivity index (χ1v) is 10.5. The summed E-state index contributed by atoms with van der Waals surface area (Å²) in [6, 6.07) is 19.0. The Morgan fingerprint density at radius 3 is 2.73 bits per heavy atom. The van der Waals surface area contributed by atoms with Gasteiger partial charge in [-0.15, -0.1) is 0 Å². The van der Waals surface area contributed by atoms with Gasteiger partial charge in [0.05, 0.1) is 7.11 Å². The van der Waals surface area contributed by atoms with E-state index >= 15 is 0 Å². The molecule has 0 radical (unpaired) electrons. The summed E-state index contributed by atoms with van der Waals surface area (Å²) >= 11 is 0. The number of ether oxygens (including phenoxy) is 1. The van der Waals surface area contributed by atoms with E-state index in [4.69, 9.17) is 20.5 Å². The highest BCUT2D eigenvalue weighted by Gasteiger charge is 2.49. The van der Waals surface area contributed by atoms with Crippen molar-refractivity contribution >= 4 is 17.4 Å². The molecule has 0 saturated carbocycles. The summed E-state index contributed by atoms with van der Waals surface area (Å²) in [6.45, 7) is 1.66. The Labute approximate surface area is 177 Å². The molecule has 2 N–H and O–H groups in total. The number of aliphatic imine (C=N–C) groups is 2. The van der Waals surface area contributed by atoms with E-state index in [0.717, 1.165) is 55.1 Å². The number of allylic oxidation sites excluding steroid dienone is 3. The number of hydrogen-bond acceptors (Lipinski definition) is 5. The molecule has 2 aromatic carbocycles. The number of nitrogens with two attached hydrogens (primary N) is 1. The average molecular weight is 399 g/mol. The van der Waals surface area contributed by atoms with Crippen molar-refractivity contribution in [1.82, 2.24) is 4.90 Å². The second-order valence-electron chi connectivity index (χ2n) is 7.86. The van der Waals surface area contributed by atoms with Crippen molar-refractivity contribution in [2.24, 2.45) is 15.7 Å². The molecular weight excluding hydrogens is 372 g/mol. The number of hydrogen-bond donors (Lipinski definition) is 1. The Morgan fingerprint density at radius 2 is 1.90 bits per heavy atom. The molecule has 2 heterocycles. The van der Waals surface area contributed by atoms with Crippen LogP contribution in [0.15, 0.2) is 82.5 Å². The Bertz CT molecular complexity index is 1080. The third kappa shape index (κ3) is 2.93. The molecule has 152 valence electrons. The maximum Gasteiger partial charge on any atom is 0.198 e. The van der Waals surface area contributed by atoms with Crippen LogP contribution in [-0.2, 0) is 10.3 Å². The lowest BCUT2D eigenvalue weighted by atomic mass is 9.80. The molecule has 0 aromatic heterocycles. The van der Waals surface area contributed by atoms with Crippen LogP contribution in [0.1, 0.15) is 36.0 Å². The van der Waals surface area contributed by atoms with Crippen LogP contribution in [-0.4, -0.2) is 36.9 Å². The van der Waals surface area contributed by atoms with Gasteiger partial charge in [-0.3, -0.25) is 9.89 Å². The van der Waals surface area contributed by atoms with Gasteiger partial charge in [-0.25, -0.2) is 4.99 Å². The van der Waals surface area contributed by atoms with E-state index in [2.05, 4.69) is 65.6 Å². The number of rotatable bonds is 4. The number of benzene rings is 2. The summed E-state index contributed by atoms with van der Waals surface area (Å²) in [6.07, 6.45) is 7.23. The first-order valence-electron chi connectivity index (χ1n) is 10.5. The minimum Gasteiger partial charge on any atom is -0.497 e. The van der Waals surface area contributed by atoms with Crippen LogP contribution in [0.2, 0.25) is 0 Å². The summed E-state index contributed by atoms with van der Waals surface area (Å²) in [4.78, 5) is 12.1. The van der Waals surface area contributed by atoms with Crippen molar-refractivity contribution in [3.63, 3.8) is 0 Å². The maximum absolute atomic E-state index is 6.42.